The van der Waals surface area contributed by atoms with Gasteiger partial charge in [0.15, 0.2) is 0 Å². The largest absolute Gasteiger partial charge is 0.354 e. The first kappa shape index (κ1) is 6.16. The van der Waals surface area contributed by atoms with Crippen molar-refractivity contribution in [3.05, 3.63) is 0 Å². The van der Waals surface area contributed by atoms with E-state index in [0.29, 0.717) is 6.04 Å². The summed E-state index contributed by atoms with van der Waals surface area (Å²) in [6, 6.07) is 0.432. The molecule has 2 fully saturated rings. The number of hydrogen-bond donors (Lipinski definition) is 2. The predicted octanol–water partition coefficient (Wildman–Crippen LogP) is -0.516. The highest BCUT2D eigenvalue weighted by Crippen LogP contribution is 2.19. The van der Waals surface area contributed by atoms with Crippen LogP contribution in [0.2, 0.25) is 0 Å². The van der Waals surface area contributed by atoms with E-state index in [9.17, 15) is 4.79 Å². The van der Waals surface area contributed by atoms with Crippen LogP contribution in [0.4, 0.5) is 0 Å². The molecule has 0 spiro atoms. The molecule has 1 amide bonds. The normalized spacial score (nSPS) is 39.0. The molecule has 10 heavy (non-hydrogen) atoms. The minimum Gasteiger partial charge on any atom is -0.354 e. The second-order valence-corrected chi connectivity index (χ2v) is 3.05. The maximum Gasteiger partial charge on any atom is 0.224 e. The average molecular weight is 140 g/mol. The van der Waals surface area contributed by atoms with Gasteiger partial charge in [-0.25, -0.2) is 0 Å². The Morgan fingerprint density at radius 3 is 3.20 bits per heavy atom. The van der Waals surface area contributed by atoms with Crippen molar-refractivity contribution in [3.8, 4) is 0 Å². The molecule has 0 aromatic heterocycles. The van der Waals surface area contributed by atoms with E-state index in [1.54, 1.807) is 0 Å². The average Bonchev–Trinajstić information content (AvgIpc) is 2.34. The molecule has 2 heterocycles. The molecule has 3 nitrogen and oxygen atoms in total. The van der Waals surface area contributed by atoms with Crippen molar-refractivity contribution in [2.75, 3.05) is 13.1 Å². The first-order valence-corrected chi connectivity index (χ1v) is 3.89. The van der Waals surface area contributed by atoms with Gasteiger partial charge in [-0.3, -0.25) is 4.79 Å². The Bertz CT molecular complexity index is 158. The Morgan fingerprint density at radius 1 is 1.50 bits per heavy atom. The van der Waals surface area contributed by atoms with E-state index in [4.69, 9.17) is 0 Å². The summed E-state index contributed by atoms with van der Waals surface area (Å²) in [5, 5.41) is 6.19. The molecule has 2 aliphatic rings. The smallest absolute Gasteiger partial charge is 0.224 e. The Balaban J connectivity index is 2.08. The molecule has 2 rings (SSSR count). The number of piperidine rings is 1. The van der Waals surface area contributed by atoms with E-state index < -0.39 is 0 Å². The third-order valence-electron chi connectivity index (χ3n) is 2.42. The summed E-state index contributed by atoms with van der Waals surface area (Å²) in [5.74, 6) is 0.519. The van der Waals surface area contributed by atoms with Crippen LogP contribution in [0.15, 0.2) is 0 Å². The molecule has 0 aromatic rings. The molecular formula is C7H12N2O. The second kappa shape index (κ2) is 2.23. The zero-order valence-corrected chi connectivity index (χ0v) is 5.89. The molecule has 3 heteroatoms. The van der Waals surface area contributed by atoms with Crippen LogP contribution >= 0.6 is 0 Å². The topological polar surface area (TPSA) is 41.1 Å². The molecule has 0 aliphatic carbocycles. The summed E-state index contributed by atoms with van der Waals surface area (Å²) in [4.78, 5) is 11.1. The molecule has 2 aliphatic heterocycles. The highest BCUT2D eigenvalue weighted by Gasteiger charge is 2.35. The van der Waals surface area contributed by atoms with Crippen molar-refractivity contribution < 1.29 is 4.79 Å². The molecule has 0 bridgehead atoms. The van der Waals surface area contributed by atoms with Crippen LogP contribution in [-0.4, -0.2) is 25.0 Å². The second-order valence-electron chi connectivity index (χ2n) is 3.05. The lowest BCUT2D eigenvalue weighted by Gasteiger charge is -2.23. The van der Waals surface area contributed by atoms with Crippen molar-refractivity contribution in [1.29, 1.82) is 0 Å². The fraction of sp³-hybridized carbons (Fsp3) is 0.857. The number of rotatable bonds is 0. The van der Waals surface area contributed by atoms with Crippen molar-refractivity contribution in [1.82, 2.24) is 10.6 Å². The summed E-state index contributed by atoms with van der Waals surface area (Å²) in [5.41, 5.74) is 0. The van der Waals surface area contributed by atoms with Crippen molar-refractivity contribution >= 4 is 5.91 Å². The maximum atomic E-state index is 11.1. The summed E-state index contributed by atoms with van der Waals surface area (Å²) >= 11 is 0. The van der Waals surface area contributed by atoms with Crippen LogP contribution in [0.3, 0.4) is 0 Å². The molecule has 2 N–H and O–H groups in total. The first-order chi connectivity index (χ1) is 4.88. The zero-order valence-electron chi connectivity index (χ0n) is 5.89. The third-order valence-corrected chi connectivity index (χ3v) is 2.42. The van der Waals surface area contributed by atoms with Gasteiger partial charge in [0.1, 0.15) is 0 Å². The lowest BCUT2D eigenvalue weighted by molar-refractivity contribution is -0.123. The number of carbonyl (C=O) groups is 1. The van der Waals surface area contributed by atoms with Gasteiger partial charge in [-0.15, -0.1) is 0 Å². The van der Waals surface area contributed by atoms with E-state index in [2.05, 4.69) is 10.6 Å². The van der Waals surface area contributed by atoms with Gasteiger partial charge in [-0.2, -0.15) is 0 Å². The minimum absolute atomic E-state index is 0.247. The Kier molecular flexibility index (Phi) is 1.38. The lowest BCUT2D eigenvalue weighted by atomic mass is 9.94. The van der Waals surface area contributed by atoms with Crippen LogP contribution in [0.25, 0.3) is 0 Å². The van der Waals surface area contributed by atoms with Crippen LogP contribution in [0.1, 0.15) is 12.8 Å². The highest BCUT2D eigenvalue weighted by molar-refractivity contribution is 5.81. The van der Waals surface area contributed by atoms with Gasteiger partial charge in [0.05, 0.1) is 5.92 Å². The standard InChI is InChI=1S/C7H12N2O/c10-7-5-2-1-3-8-6(5)4-9-7/h5-6,8H,1-4H2,(H,9,10). The molecule has 2 atom stereocenters. The van der Waals surface area contributed by atoms with Gasteiger partial charge in [-0.05, 0) is 19.4 Å². The number of nitrogens with one attached hydrogen (secondary N) is 2. The summed E-state index contributed by atoms with van der Waals surface area (Å²) in [6.45, 7) is 1.92. The molecule has 56 valence electrons. The van der Waals surface area contributed by atoms with Gasteiger partial charge >= 0.3 is 0 Å². The van der Waals surface area contributed by atoms with Crippen molar-refractivity contribution in [2.45, 2.75) is 18.9 Å². The van der Waals surface area contributed by atoms with E-state index in [1.807, 2.05) is 0 Å². The van der Waals surface area contributed by atoms with Gasteiger partial charge in [0.2, 0.25) is 5.91 Å². The molecule has 2 saturated heterocycles. The summed E-state index contributed by atoms with van der Waals surface area (Å²) < 4.78 is 0. The van der Waals surface area contributed by atoms with Crippen LogP contribution in [0, 0.1) is 5.92 Å². The van der Waals surface area contributed by atoms with Gasteiger partial charge < -0.3 is 10.6 Å². The molecule has 0 radical (unpaired) electrons. The Labute approximate surface area is 60.2 Å². The summed E-state index contributed by atoms with van der Waals surface area (Å²) in [7, 11) is 0. The van der Waals surface area contributed by atoms with E-state index >= 15 is 0 Å². The zero-order chi connectivity index (χ0) is 6.97. The number of fused-ring (bicyclic) bond motifs is 1. The van der Waals surface area contributed by atoms with Crippen LogP contribution in [0.5, 0.6) is 0 Å². The van der Waals surface area contributed by atoms with Crippen molar-refractivity contribution in [2.24, 2.45) is 5.92 Å². The van der Waals surface area contributed by atoms with E-state index in [1.165, 1.54) is 0 Å². The predicted molar refractivity (Wildman–Crippen MR) is 37.5 cm³/mol. The number of amides is 1. The monoisotopic (exact) mass is 140 g/mol. The fourth-order valence-electron chi connectivity index (χ4n) is 1.82. The Hall–Kier alpha value is -0.570. The minimum atomic E-state index is 0.247. The maximum absolute atomic E-state index is 11.1. The van der Waals surface area contributed by atoms with Crippen LogP contribution in [-0.2, 0) is 4.79 Å². The van der Waals surface area contributed by atoms with E-state index in [-0.39, 0.29) is 11.8 Å². The lowest BCUT2D eigenvalue weighted by Crippen LogP contribution is -2.41. The van der Waals surface area contributed by atoms with Gasteiger partial charge in [0, 0.05) is 12.6 Å². The third kappa shape index (κ3) is 0.814. The van der Waals surface area contributed by atoms with E-state index in [0.717, 1.165) is 25.9 Å². The van der Waals surface area contributed by atoms with Gasteiger partial charge in [0.25, 0.3) is 0 Å². The molecular weight excluding hydrogens is 128 g/mol. The summed E-state index contributed by atoms with van der Waals surface area (Å²) in [6.07, 6.45) is 2.22. The van der Waals surface area contributed by atoms with Gasteiger partial charge in [-0.1, -0.05) is 0 Å². The molecule has 0 aromatic carbocycles. The first-order valence-electron chi connectivity index (χ1n) is 3.89. The molecule has 0 saturated carbocycles. The Morgan fingerprint density at radius 2 is 2.40 bits per heavy atom. The fourth-order valence-corrected chi connectivity index (χ4v) is 1.82. The SMILES string of the molecule is O=C1NCC2NCCCC12. The highest BCUT2D eigenvalue weighted by atomic mass is 16.2. The molecule has 2 unspecified atom stereocenters. The number of carbonyl (C=O) groups excluding carboxylic acids is 1. The quantitative estimate of drug-likeness (QED) is 0.475. The number of hydrogen-bond acceptors (Lipinski definition) is 2. The van der Waals surface area contributed by atoms with Crippen molar-refractivity contribution in [3.63, 3.8) is 0 Å². The van der Waals surface area contributed by atoms with Crippen LogP contribution < -0.4 is 10.6 Å².